The van der Waals surface area contributed by atoms with Gasteiger partial charge in [0.1, 0.15) is 5.75 Å². The topological polar surface area (TPSA) is 76.2 Å². The maximum absolute atomic E-state index is 11.0. The van der Waals surface area contributed by atoms with E-state index in [0.717, 1.165) is 16.3 Å². The minimum absolute atomic E-state index is 0.0523. The lowest BCUT2D eigenvalue weighted by molar-refractivity contribution is -0.384. The molecule has 0 aliphatic heterocycles. The first-order chi connectivity index (χ1) is 12.1. The first-order valence-electron chi connectivity index (χ1n) is 7.56. The van der Waals surface area contributed by atoms with Crippen LogP contribution in [0.1, 0.15) is 11.1 Å². The predicted molar refractivity (Wildman–Crippen MR) is 97.1 cm³/mol. The molecular weight excluding hydrogens is 316 g/mol. The van der Waals surface area contributed by atoms with Gasteiger partial charge in [-0.05, 0) is 28.5 Å². The van der Waals surface area contributed by atoms with Crippen molar-refractivity contribution in [1.82, 2.24) is 0 Å². The van der Waals surface area contributed by atoms with Crippen LogP contribution in [0.25, 0.3) is 22.4 Å². The number of hydrogen-bond acceptors (Lipinski definition) is 4. The van der Waals surface area contributed by atoms with Crippen LogP contribution in [-0.4, -0.2) is 12.0 Å². The van der Waals surface area contributed by atoms with Gasteiger partial charge in [0.15, 0.2) is 0 Å². The van der Waals surface area contributed by atoms with Crippen molar-refractivity contribution in [3.05, 3.63) is 81.9 Å². The highest BCUT2D eigenvalue weighted by Gasteiger charge is 2.12. The van der Waals surface area contributed by atoms with Crippen LogP contribution in [0.2, 0.25) is 0 Å². The molecule has 0 saturated carbocycles. The van der Waals surface area contributed by atoms with Crippen molar-refractivity contribution >= 4 is 28.1 Å². The van der Waals surface area contributed by atoms with Gasteiger partial charge >= 0.3 is 0 Å². The Bertz CT molecular complexity index is 1030. The number of nitrogens with zero attached hydrogens (tertiary/aromatic N) is 2. The molecule has 0 amide bonds. The number of hydrogen-bond donors (Lipinski definition) is 0. The lowest BCUT2D eigenvalue weighted by Gasteiger charge is -2.10. The van der Waals surface area contributed by atoms with Crippen LogP contribution in [0.5, 0.6) is 5.75 Å². The summed E-state index contributed by atoms with van der Waals surface area (Å²) in [5.74, 6) is 0.636. The average Bonchev–Trinajstić information content (AvgIpc) is 2.66. The predicted octanol–water partition coefficient (Wildman–Crippen LogP) is 4.82. The average molecular weight is 330 g/mol. The second-order valence-electron chi connectivity index (χ2n) is 5.38. The molecule has 3 aromatic rings. The molecule has 0 radical (unpaired) electrons. The summed E-state index contributed by atoms with van der Waals surface area (Å²) in [6, 6.07) is 19.8. The van der Waals surface area contributed by atoms with E-state index in [1.807, 2.05) is 36.4 Å². The number of allylic oxidation sites excluding steroid dienone is 1. The van der Waals surface area contributed by atoms with Crippen LogP contribution in [-0.2, 0) is 0 Å². The van der Waals surface area contributed by atoms with Crippen LogP contribution in [0.15, 0.2) is 60.7 Å². The lowest BCUT2D eigenvalue weighted by atomic mass is 9.98. The highest BCUT2D eigenvalue weighted by Crippen LogP contribution is 2.32. The summed E-state index contributed by atoms with van der Waals surface area (Å²) in [5, 5.41) is 22.5. The quantitative estimate of drug-likeness (QED) is 0.297. The molecule has 5 heteroatoms. The van der Waals surface area contributed by atoms with E-state index in [1.54, 1.807) is 25.3 Å². The van der Waals surface area contributed by atoms with E-state index in [2.05, 4.69) is 6.07 Å². The minimum Gasteiger partial charge on any atom is -0.496 e. The Morgan fingerprint density at radius 3 is 2.68 bits per heavy atom. The Morgan fingerprint density at radius 1 is 1.16 bits per heavy atom. The third kappa shape index (κ3) is 3.19. The van der Waals surface area contributed by atoms with Crippen LogP contribution < -0.4 is 4.74 Å². The number of nitro benzene ring substituents is 1. The molecule has 0 heterocycles. The van der Waals surface area contributed by atoms with E-state index in [-0.39, 0.29) is 5.69 Å². The lowest BCUT2D eigenvalue weighted by Crippen LogP contribution is -1.92. The molecule has 5 nitrogen and oxygen atoms in total. The molecule has 0 spiro atoms. The molecule has 3 rings (SSSR count). The summed E-state index contributed by atoms with van der Waals surface area (Å²) in [5.41, 5.74) is 1.54. The zero-order chi connectivity index (χ0) is 17.8. The fourth-order valence-corrected chi connectivity index (χ4v) is 2.71. The highest BCUT2D eigenvalue weighted by molar-refractivity contribution is 6.00. The molecule has 25 heavy (non-hydrogen) atoms. The standard InChI is InChI=1S/C20H14N2O3/c1-25-20-10-9-14-5-2-3-8-18(14)19(20)12-16(13-21)15-6-4-7-17(11-15)22(23)24/h2-12H,1H3/b16-12+. The second-order valence-corrected chi connectivity index (χ2v) is 5.38. The summed E-state index contributed by atoms with van der Waals surface area (Å²) >= 11 is 0. The monoisotopic (exact) mass is 330 g/mol. The van der Waals surface area contributed by atoms with Gasteiger partial charge in [-0.2, -0.15) is 5.26 Å². The third-order valence-electron chi connectivity index (χ3n) is 3.93. The minimum atomic E-state index is -0.475. The van der Waals surface area contributed by atoms with Crippen molar-refractivity contribution in [3.8, 4) is 11.8 Å². The van der Waals surface area contributed by atoms with Crippen molar-refractivity contribution in [1.29, 1.82) is 5.26 Å². The van der Waals surface area contributed by atoms with Gasteiger partial charge in [0, 0.05) is 17.7 Å². The molecular formula is C20H14N2O3. The van der Waals surface area contributed by atoms with Crippen LogP contribution in [0.3, 0.4) is 0 Å². The smallest absolute Gasteiger partial charge is 0.270 e. The molecule has 0 fully saturated rings. The SMILES string of the molecule is COc1ccc2ccccc2c1/C=C(\C#N)c1cccc([N+](=O)[O-])c1. The zero-order valence-electron chi connectivity index (χ0n) is 13.5. The number of methoxy groups -OCH3 is 1. The van der Waals surface area contributed by atoms with Gasteiger partial charge < -0.3 is 4.74 Å². The maximum atomic E-state index is 11.0. The van der Waals surface area contributed by atoms with Gasteiger partial charge in [-0.25, -0.2) is 0 Å². The van der Waals surface area contributed by atoms with Crippen molar-refractivity contribution in [3.63, 3.8) is 0 Å². The van der Waals surface area contributed by atoms with Crippen molar-refractivity contribution in [2.45, 2.75) is 0 Å². The van der Waals surface area contributed by atoms with Gasteiger partial charge in [-0.3, -0.25) is 10.1 Å². The third-order valence-corrected chi connectivity index (χ3v) is 3.93. The molecule has 0 unspecified atom stereocenters. The van der Waals surface area contributed by atoms with Crippen LogP contribution in [0, 0.1) is 21.4 Å². The van der Waals surface area contributed by atoms with Gasteiger partial charge in [0.25, 0.3) is 5.69 Å². The summed E-state index contributed by atoms with van der Waals surface area (Å²) in [7, 11) is 1.57. The zero-order valence-corrected chi connectivity index (χ0v) is 13.5. The van der Waals surface area contributed by atoms with Gasteiger partial charge in [0.2, 0.25) is 0 Å². The second kappa shape index (κ2) is 6.85. The summed E-state index contributed by atoms with van der Waals surface area (Å²) in [6.45, 7) is 0. The number of benzene rings is 3. The fraction of sp³-hybridized carbons (Fsp3) is 0.0500. The van der Waals surface area contributed by atoms with Crippen molar-refractivity contribution < 1.29 is 9.66 Å². The Kier molecular flexibility index (Phi) is 4.44. The molecule has 0 aliphatic carbocycles. The van der Waals surface area contributed by atoms with Crippen molar-refractivity contribution in [2.75, 3.05) is 7.11 Å². The molecule has 0 aromatic heterocycles. The van der Waals surface area contributed by atoms with Crippen LogP contribution in [0.4, 0.5) is 5.69 Å². The highest BCUT2D eigenvalue weighted by atomic mass is 16.6. The Balaban J connectivity index is 2.22. The first kappa shape index (κ1) is 16.2. The molecule has 0 saturated heterocycles. The number of ether oxygens (including phenoxy) is 1. The molecule has 3 aromatic carbocycles. The Labute approximate surface area is 144 Å². The number of fused-ring (bicyclic) bond motifs is 1. The van der Waals surface area contributed by atoms with Gasteiger partial charge in [-0.15, -0.1) is 0 Å². The van der Waals surface area contributed by atoms with Crippen molar-refractivity contribution in [2.24, 2.45) is 0 Å². The number of nitro groups is 1. The molecule has 0 atom stereocenters. The number of nitriles is 1. The Hall–Kier alpha value is -3.65. The number of non-ortho nitro benzene ring substituents is 1. The Morgan fingerprint density at radius 2 is 1.96 bits per heavy atom. The fourth-order valence-electron chi connectivity index (χ4n) is 2.71. The molecule has 0 bridgehead atoms. The largest absolute Gasteiger partial charge is 0.496 e. The summed E-state index contributed by atoms with van der Waals surface area (Å²) < 4.78 is 5.43. The van der Waals surface area contributed by atoms with Gasteiger partial charge in [0.05, 0.1) is 23.7 Å². The van der Waals surface area contributed by atoms with E-state index >= 15 is 0 Å². The normalized spacial score (nSPS) is 11.1. The van der Waals surface area contributed by atoms with Crippen LogP contribution >= 0.6 is 0 Å². The van der Waals surface area contributed by atoms with E-state index in [9.17, 15) is 15.4 Å². The number of rotatable bonds is 4. The summed E-state index contributed by atoms with van der Waals surface area (Å²) in [6.07, 6.45) is 1.71. The van der Waals surface area contributed by atoms with E-state index < -0.39 is 4.92 Å². The first-order valence-corrected chi connectivity index (χ1v) is 7.56. The maximum Gasteiger partial charge on any atom is 0.270 e. The molecule has 0 N–H and O–H groups in total. The summed E-state index contributed by atoms with van der Waals surface area (Å²) in [4.78, 5) is 10.5. The molecule has 122 valence electrons. The van der Waals surface area contributed by atoms with E-state index in [0.29, 0.717) is 16.9 Å². The van der Waals surface area contributed by atoms with Gasteiger partial charge in [-0.1, -0.05) is 42.5 Å². The van der Waals surface area contributed by atoms with E-state index in [1.165, 1.54) is 12.1 Å². The van der Waals surface area contributed by atoms with E-state index in [4.69, 9.17) is 4.74 Å². The molecule has 0 aliphatic rings.